The van der Waals surface area contributed by atoms with Crippen LogP contribution in [0.1, 0.15) is 17.3 Å². The van der Waals surface area contributed by atoms with Crippen molar-refractivity contribution in [3.8, 4) is 11.8 Å². The lowest BCUT2D eigenvalue weighted by Gasteiger charge is -2.12. The molecule has 0 aliphatic carbocycles. The van der Waals surface area contributed by atoms with Crippen LogP contribution in [0.3, 0.4) is 0 Å². The largest absolute Gasteiger partial charge is 0.497 e. The van der Waals surface area contributed by atoms with Crippen LogP contribution in [-0.2, 0) is 10.0 Å². The highest BCUT2D eigenvalue weighted by Crippen LogP contribution is 2.24. The number of carbonyl (C=O) groups is 1. The maximum atomic E-state index is 11.7. The third-order valence-electron chi connectivity index (χ3n) is 2.36. The molecular formula is C11H12N2O5S. The van der Waals surface area contributed by atoms with E-state index >= 15 is 0 Å². The number of rotatable bonds is 5. The normalized spacial score (nSPS) is 12.3. The molecule has 0 radical (unpaired) electrons. The molecular weight excluding hydrogens is 272 g/mol. The number of hydrogen-bond acceptors (Lipinski definition) is 5. The zero-order valence-electron chi connectivity index (χ0n) is 10.2. The van der Waals surface area contributed by atoms with E-state index in [0.717, 1.165) is 0 Å². The number of nitriles is 1. The Labute approximate surface area is 110 Å². The number of ether oxygens (including phenoxy) is 1. The summed E-state index contributed by atoms with van der Waals surface area (Å²) in [4.78, 5) is 11.0. The third kappa shape index (κ3) is 3.35. The molecule has 1 atom stereocenters. The first-order valence-corrected chi connectivity index (χ1v) is 6.69. The van der Waals surface area contributed by atoms with Crippen molar-refractivity contribution in [1.29, 1.82) is 5.26 Å². The molecule has 1 aromatic rings. The molecule has 0 spiro atoms. The fourth-order valence-electron chi connectivity index (χ4n) is 1.23. The average molecular weight is 284 g/mol. The maximum Gasteiger partial charge on any atom is 0.337 e. The van der Waals surface area contributed by atoms with Crippen molar-refractivity contribution in [3.63, 3.8) is 0 Å². The van der Waals surface area contributed by atoms with Crippen molar-refractivity contribution in [2.75, 3.05) is 11.8 Å². The highest BCUT2D eigenvalue weighted by Gasteiger charge is 2.23. The van der Waals surface area contributed by atoms with Gasteiger partial charge < -0.3 is 9.84 Å². The van der Waals surface area contributed by atoms with Crippen LogP contribution in [0.25, 0.3) is 0 Å². The van der Waals surface area contributed by atoms with E-state index in [4.69, 9.17) is 15.1 Å². The van der Waals surface area contributed by atoms with Gasteiger partial charge in [0.1, 0.15) is 5.75 Å². The van der Waals surface area contributed by atoms with Gasteiger partial charge in [-0.05, 0) is 19.1 Å². The van der Waals surface area contributed by atoms with Gasteiger partial charge in [0.25, 0.3) is 0 Å². The van der Waals surface area contributed by atoms with E-state index in [2.05, 4.69) is 4.72 Å². The van der Waals surface area contributed by atoms with Gasteiger partial charge in [-0.3, -0.25) is 4.72 Å². The zero-order chi connectivity index (χ0) is 14.6. The quantitative estimate of drug-likeness (QED) is 0.834. The first kappa shape index (κ1) is 14.8. The topological polar surface area (TPSA) is 116 Å². The van der Waals surface area contributed by atoms with Crippen LogP contribution in [0.5, 0.6) is 5.75 Å². The van der Waals surface area contributed by atoms with Crippen molar-refractivity contribution < 1.29 is 23.1 Å². The molecule has 1 rings (SSSR count). The van der Waals surface area contributed by atoms with E-state index in [9.17, 15) is 13.2 Å². The molecule has 0 aromatic heterocycles. The molecule has 0 fully saturated rings. The lowest BCUT2D eigenvalue weighted by Crippen LogP contribution is -2.24. The van der Waals surface area contributed by atoms with E-state index in [1.54, 1.807) is 6.07 Å². The second-order valence-electron chi connectivity index (χ2n) is 3.64. The minimum Gasteiger partial charge on any atom is -0.497 e. The van der Waals surface area contributed by atoms with E-state index in [-0.39, 0.29) is 11.3 Å². The molecule has 7 nitrogen and oxygen atoms in total. The Morgan fingerprint density at radius 1 is 1.53 bits per heavy atom. The predicted octanol–water partition coefficient (Wildman–Crippen LogP) is 1.05. The zero-order valence-corrected chi connectivity index (χ0v) is 11.1. The second-order valence-corrected chi connectivity index (χ2v) is 5.64. The molecule has 8 heteroatoms. The number of carboxylic acid groups (broad SMARTS) is 1. The lowest BCUT2D eigenvalue weighted by molar-refractivity contribution is 0.0698. The smallest absolute Gasteiger partial charge is 0.337 e. The molecule has 2 N–H and O–H groups in total. The monoisotopic (exact) mass is 284 g/mol. The second kappa shape index (κ2) is 5.58. The number of sulfonamides is 1. The summed E-state index contributed by atoms with van der Waals surface area (Å²) in [5.74, 6) is -0.989. The fraction of sp³-hybridized carbons (Fsp3) is 0.273. The van der Waals surface area contributed by atoms with Gasteiger partial charge in [0.2, 0.25) is 10.0 Å². The molecule has 0 saturated heterocycles. The number of anilines is 1. The molecule has 0 aliphatic rings. The van der Waals surface area contributed by atoms with Gasteiger partial charge in [0.05, 0.1) is 24.4 Å². The summed E-state index contributed by atoms with van der Waals surface area (Å²) >= 11 is 0. The Kier molecular flexibility index (Phi) is 4.34. The molecule has 0 amide bonds. The Hall–Kier alpha value is -2.27. The van der Waals surface area contributed by atoms with E-state index < -0.39 is 21.2 Å². The number of carboxylic acids is 1. The summed E-state index contributed by atoms with van der Waals surface area (Å²) < 4.78 is 30.5. The van der Waals surface area contributed by atoms with Gasteiger partial charge in [-0.1, -0.05) is 0 Å². The molecule has 0 bridgehead atoms. The van der Waals surface area contributed by atoms with Gasteiger partial charge in [0, 0.05) is 6.07 Å². The number of nitrogens with one attached hydrogen (secondary N) is 1. The Bertz CT molecular complexity index is 633. The fourth-order valence-corrected chi connectivity index (χ4v) is 2.02. The van der Waals surface area contributed by atoms with E-state index in [0.29, 0.717) is 5.75 Å². The maximum absolute atomic E-state index is 11.7. The van der Waals surface area contributed by atoms with Gasteiger partial charge in [-0.15, -0.1) is 0 Å². The third-order valence-corrected chi connectivity index (χ3v) is 3.90. The number of methoxy groups -OCH3 is 1. The number of hydrogen-bond donors (Lipinski definition) is 2. The molecule has 0 saturated carbocycles. The summed E-state index contributed by atoms with van der Waals surface area (Å²) in [6.07, 6.45) is 0. The van der Waals surface area contributed by atoms with Gasteiger partial charge in [-0.2, -0.15) is 5.26 Å². The Morgan fingerprint density at radius 2 is 2.16 bits per heavy atom. The highest BCUT2D eigenvalue weighted by molar-refractivity contribution is 7.93. The summed E-state index contributed by atoms with van der Waals surface area (Å²) in [5, 5.41) is 16.3. The SMILES string of the molecule is COc1ccc(C(=O)O)c(NS(=O)(=O)C(C)C#N)c1. The Morgan fingerprint density at radius 3 is 2.63 bits per heavy atom. The predicted molar refractivity (Wildman–Crippen MR) is 67.6 cm³/mol. The molecule has 1 aromatic carbocycles. The van der Waals surface area contributed by atoms with E-state index in [1.165, 1.54) is 32.2 Å². The van der Waals surface area contributed by atoms with Crippen molar-refractivity contribution in [1.82, 2.24) is 0 Å². The van der Waals surface area contributed by atoms with Crippen molar-refractivity contribution >= 4 is 21.7 Å². The summed E-state index contributed by atoms with van der Waals surface area (Å²) in [6, 6.07) is 5.43. The molecule has 0 heterocycles. The van der Waals surface area contributed by atoms with Crippen LogP contribution >= 0.6 is 0 Å². The first-order valence-electron chi connectivity index (χ1n) is 5.14. The van der Waals surface area contributed by atoms with Crippen molar-refractivity contribution in [2.24, 2.45) is 0 Å². The van der Waals surface area contributed by atoms with Gasteiger partial charge in [-0.25, -0.2) is 13.2 Å². The molecule has 19 heavy (non-hydrogen) atoms. The minimum atomic E-state index is -3.97. The number of benzene rings is 1. The van der Waals surface area contributed by atoms with Crippen LogP contribution in [-0.4, -0.2) is 31.9 Å². The Balaban J connectivity index is 3.26. The standard InChI is InChI=1S/C11H12N2O5S/c1-7(6-12)19(16,17)13-10-5-8(18-2)3-4-9(10)11(14)15/h3-5,7,13H,1-2H3,(H,14,15). The minimum absolute atomic E-state index is 0.144. The van der Waals surface area contributed by atoms with Crippen LogP contribution in [0.2, 0.25) is 0 Å². The summed E-state index contributed by atoms with van der Waals surface area (Å²) in [7, 11) is -2.61. The van der Waals surface area contributed by atoms with Gasteiger partial charge in [0.15, 0.2) is 5.25 Å². The average Bonchev–Trinajstić information content (AvgIpc) is 2.36. The molecule has 0 aliphatic heterocycles. The van der Waals surface area contributed by atoms with Crippen molar-refractivity contribution in [3.05, 3.63) is 23.8 Å². The van der Waals surface area contributed by atoms with Crippen LogP contribution in [0.15, 0.2) is 18.2 Å². The molecule has 102 valence electrons. The van der Waals surface area contributed by atoms with Crippen LogP contribution < -0.4 is 9.46 Å². The van der Waals surface area contributed by atoms with Gasteiger partial charge >= 0.3 is 5.97 Å². The van der Waals surface area contributed by atoms with Crippen molar-refractivity contribution in [2.45, 2.75) is 12.2 Å². The lowest BCUT2D eigenvalue weighted by atomic mass is 10.2. The highest BCUT2D eigenvalue weighted by atomic mass is 32.2. The summed E-state index contributed by atoms with van der Waals surface area (Å²) in [6.45, 7) is 1.20. The molecule has 1 unspecified atom stereocenters. The first-order chi connectivity index (χ1) is 8.81. The number of nitrogens with zero attached hydrogens (tertiary/aromatic N) is 1. The number of aromatic carboxylic acids is 1. The van der Waals surface area contributed by atoms with E-state index in [1.807, 2.05) is 0 Å². The van der Waals surface area contributed by atoms with Crippen LogP contribution in [0.4, 0.5) is 5.69 Å². The summed E-state index contributed by atoms with van der Waals surface area (Å²) in [5.41, 5.74) is -0.372. The van der Waals surface area contributed by atoms with Crippen LogP contribution in [0, 0.1) is 11.3 Å².